The van der Waals surface area contributed by atoms with Gasteiger partial charge >= 0.3 is 0 Å². The van der Waals surface area contributed by atoms with Gasteiger partial charge in [0.15, 0.2) is 0 Å². The highest BCUT2D eigenvalue weighted by Gasteiger charge is 2.46. The Bertz CT molecular complexity index is 578. The van der Waals surface area contributed by atoms with E-state index in [9.17, 15) is 14.0 Å². The number of hydrogen-bond acceptors (Lipinski definition) is 2. The molecule has 0 bridgehead atoms. The maximum Gasteiger partial charge on any atom is 0.253 e. The zero-order valence-corrected chi connectivity index (χ0v) is 12.3. The predicted molar refractivity (Wildman–Crippen MR) is 75.2 cm³/mol. The molecule has 2 atom stereocenters. The van der Waals surface area contributed by atoms with Crippen molar-refractivity contribution in [2.75, 3.05) is 4.90 Å². The molecule has 1 aromatic carbocycles. The normalized spacial score (nSPS) is 26.6. The molecular formula is C14H16ClFN2O2. The van der Waals surface area contributed by atoms with Crippen LogP contribution in [0.4, 0.5) is 10.1 Å². The molecule has 1 heterocycles. The van der Waals surface area contributed by atoms with Crippen LogP contribution in [0, 0.1) is 5.82 Å². The summed E-state index contributed by atoms with van der Waals surface area (Å²) in [6, 6.07) is 3.08. The number of nitrogens with one attached hydrogen (secondary N) is 1. The van der Waals surface area contributed by atoms with Gasteiger partial charge in [-0.05, 0) is 38.5 Å². The van der Waals surface area contributed by atoms with Crippen molar-refractivity contribution in [1.82, 2.24) is 5.32 Å². The fourth-order valence-electron chi connectivity index (χ4n) is 2.22. The molecule has 4 nitrogen and oxygen atoms in total. The number of halogens is 2. The molecule has 6 heteroatoms. The summed E-state index contributed by atoms with van der Waals surface area (Å²) >= 11 is 6.01. The number of carbonyl (C=O) groups is 2. The summed E-state index contributed by atoms with van der Waals surface area (Å²) < 4.78 is 13.1. The number of anilines is 1. The van der Waals surface area contributed by atoms with E-state index in [-0.39, 0.29) is 16.8 Å². The average Bonchev–Trinajstić information content (AvgIpc) is 2.39. The topological polar surface area (TPSA) is 49.4 Å². The minimum absolute atomic E-state index is 0.110. The van der Waals surface area contributed by atoms with Gasteiger partial charge in [0.25, 0.3) is 5.91 Å². The second-order valence-electron chi connectivity index (χ2n) is 5.12. The molecule has 108 valence electrons. The minimum Gasteiger partial charge on any atom is -0.340 e. The van der Waals surface area contributed by atoms with Crippen molar-refractivity contribution < 1.29 is 14.0 Å². The van der Waals surface area contributed by atoms with E-state index in [2.05, 4.69) is 5.32 Å². The molecule has 2 unspecified atom stereocenters. The molecule has 0 aliphatic carbocycles. The third kappa shape index (κ3) is 2.26. The molecule has 0 saturated carbocycles. The summed E-state index contributed by atoms with van der Waals surface area (Å²) in [5, 5.41) is 2.83. The van der Waals surface area contributed by atoms with Crippen molar-refractivity contribution >= 4 is 29.1 Å². The lowest BCUT2D eigenvalue weighted by Crippen LogP contribution is -2.68. The van der Waals surface area contributed by atoms with Crippen LogP contribution in [0.15, 0.2) is 18.2 Å². The van der Waals surface area contributed by atoms with Crippen LogP contribution < -0.4 is 10.2 Å². The van der Waals surface area contributed by atoms with Gasteiger partial charge in [0.05, 0.1) is 10.7 Å². The van der Waals surface area contributed by atoms with Crippen LogP contribution >= 0.6 is 11.6 Å². The van der Waals surface area contributed by atoms with Gasteiger partial charge < -0.3 is 5.32 Å². The number of nitrogens with zero attached hydrogens (tertiary/aromatic N) is 1. The van der Waals surface area contributed by atoms with Crippen LogP contribution in [-0.4, -0.2) is 23.4 Å². The second-order valence-corrected chi connectivity index (χ2v) is 5.53. The molecule has 1 aliphatic heterocycles. The molecule has 2 rings (SSSR count). The fourth-order valence-corrected chi connectivity index (χ4v) is 2.48. The summed E-state index contributed by atoms with van der Waals surface area (Å²) in [5.74, 6) is -0.992. The van der Waals surface area contributed by atoms with Crippen LogP contribution in [0.1, 0.15) is 27.2 Å². The third-order valence-corrected chi connectivity index (χ3v) is 4.04. The van der Waals surface area contributed by atoms with E-state index >= 15 is 0 Å². The molecule has 0 radical (unpaired) electrons. The summed E-state index contributed by atoms with van der Waals surface area (Å²) in [6.07, 6.45) is 0.458. The Kier molecular flexibility index (Phi) is 3.73. The molecule has 0 aromatic heterocycles. The highest BCUT2D eigenvalue weighted by molar-refractivity contribution is 6.34. The number of benzene rings is 1. The Labute approximate surface area is 121 Å². The van der Waals surface area contributed by atoms with Crippen LogP contribution in [0.5, 0.6) is 0 Å². The quantitative estimate of drug-likeness (QED) is 0.912. The number of carbonyl (C=O) groups excluding carboxylic acids is 2. The van der Waals surface area contributed by atoms with Gasteiger partial charge in [-0.25, -0.2) is 4.39 Å². The van der Waals surface area contributed by atoms with Crippen LogP contribution in [0.2, 0.25) is 5.02 Å². The summed E-state index contributed by atoms with van der Waals surface area (Å²) in [5.41, 5.74) is -0.624. The smallest absolute Gasteiger partial charge is 0.253 e. The highest BCUT2D eigenvalue weighted by atomic mass is 35.5. The van der Waals surface area contributed by atoms with Crippen molar-refractivity contribution in [2.24, 2.45) is 0 Å². The number of rotatable bonds is 2. The van der Waals surface area contributed by atoms with E-state index in [0.29, 0.717) is 12.1 Å². The first-order valence-corrected chi connectivity index (χ1v) is 6.78. The third-order valence-electron chi connectivity index (χ3n) is 3.73. The lowest BCUT2D eigenvalue weighted by atomic mass is 9.92. The molecule has 20 heavy (non-hydrogen) atoms. The molecule has 1 N–H and O–H groups in total. The maximum absolute atomic E-state index is 13.1. The van der Waals surface area contributed by atoms with Crippen molar-refractivity contribution in [2.45, 2.75) is 38.8 Å². The average molecular weight is 299 g/mol. The molecule has 2 amide bonds. The van der Waals surface area contributed by atoms with Crippen molar-refractivity contribution in [3.63, 3.8) is 0 Å². The zero-order valence-electron chi connectivity index (χ0n) is 11.5. The Morgan fingerprint density at radius 3 is 2.65 bits per heavy atom. The number of amides is 2. The van der Waals surface area contributed by atoms with Crippen LogP contribution in [-0.2, 0) is 9.59 Å². The van der Waals surface area contributed by atoms with Gasteiger partial charge in [-0.15, -0.1) is 0 Å². The Hall–Kier alpha value is -1.62. The number of hydrogen-bond donors (Lipinski definition) is 1. The van der Waals surface area contributed by atoms with Crippen LogP contribution in [0.25, 0.3) is 0 Å². The van der Waals surface area contributed by atoms with Gasteiger partial charge in [-0.2, -0.15) is 0 Å². The van der Waals surface area contributed by atoms with Crippen LogP contribution in [0.3, 0.4) is 0 Å². The fraction of sp³-hybridized carbons (Fsp3) is 0.429. The van der Waals surface area contributed by atoms with Gasteiger partial charge in [0.1, 0.15) is 17.4 Å². The molecule has 1 aromatic rings. The lowest BCUT2D eigenvalue weighted by molar-refractivity contribution is -0.137. The molecule has 0 spiro atoms. The first-order valence-electron chi connectivity index (χ1n) is 6.41. The summed E-state index contributed by atoms with van der Waals surface area (Å²) in [4.78, 5) is 26.0. The van der Waals surface area contributed by atoms with E-state index in [1.165, 1.54) is 17.0 Å². The molecule has 1 saturated heterocycles. The van der Waals surface area contributed by atoms with Gasteiger partial charge in [0.2, 0.25) is 5.91 Å². The lowest BCUT2D eigenvalue weighted by Gasteiger charge is -2.43. The summed E-state index contributed by atoms with van der Waals surface area (Å²) in [7, 11) is 0. The summed E-state index contributed by atoms with van der Waals surface area (Å²) in [6.45, 7) is 5.10. The minimum atomic E-state index is -0.971. The van der Waals surface area contributed by atoms with E-state index in [0.717, 1.165) is 6.07 Å². The SMILES string of the molecule is CCC1(C)NC(=O)C(C)N(c2ccc(F)cc2Cl)C1=O. The molecular weight excluding hydrogens is 283 g/mol. The number of piperazine rings is 1. The monoisotopic (exact) mass is 298 g/mol. The highest BCUT2D eigenvalue weighted by Crippen LogP contribution is 2.32. The first-order chi connectivity index (χ1) is 9.30. The second kappa shape index (κ2) is 5.05. The van der Waals surface area contributed by atoms with Gasteiger partial charge in [0, 0.05) is 0 Å². The first kappa shape index (κ1) is 14.8. The van der Waals surface area contributed by atoms with Gasteiger partial charge in [-0.3, -0.25) is 14.5 Å². The van der Waals surface area contributed by atoms with E-state index in [1.54, 1.807) is 13.8 Å². The maximum atomic E-state index is 13.1. The Balaban J connectivity index is 2.51. The van der Waals surface area contributed by atoms with Crippen molar-refractivity contribution in [3.8, 4) is 0 Å². The van der Waals surface area contributed by atoms with E-state index in [1.807, 2.05) is 6.92 Å². The Morgan fingerprint density at radius 2 is 2.10 bits per heavy atom. The van der Waals surface area contributed by atoms with Crippen molar-refractivity contribution in [3.05, 3.63) is 29.0 Å². The predicted octanol–water partition coefficient (Wildman–Crippen LogP) is 2.50. The molecule has 1 aliphatic rings. The van der Waals surface area contributed by atoms with E-state index < -0.39 is 17.4 Å². The van der Waals surface area contributed by atoms with Gasteiger partial charge in [-0.1, -0.05) is 18.5 Å². The van der Waals surface area contributed by atoms with E-state index in [4.69, 9.17) is 11.6 Å². The zero-order chi connectivity index (χ0) is 15.1. The Morgan fingerprint density at radius 1 is 1.45 bits per heavy atom. The standard InChI is InChI=1S/C14H16ClFN2O2/c1-4-14(3)13(20)18(8(2)12(19)17-14)11-6-5-9(16)7-10(11)15/h5-8H,4H2,1-3H3,(H,17,19). The molecule has 1 fully saturated rings. The van der Waals surface area contributed by atoms with Crippen molar-refractivity contribution in [1.29, 1.82) is 0 Å². The largest absolute Gasteiger partial charge is 0.340 e.